The van der Waals surface area contributed by atoms with Crippen molar-refractivity contribution in [3.8, 4) is 5.75 Å². The highest BCUT2D eigenvalue weighted by Crippen LogP contribution is 2.56. The summed E-state index contributed by atoms with van der Waals surface area (Å²) in [4.78, 5) is 0. The molecule has 4 aromatic carbocycles. The summed E-state index contributed by atoms with van der Waals surface area (Å²) < 4.78 is 0. The second-order valence-electron chi connectivity index (χ2n) is 7.13. The number of hydrogen-bond donors (Lipinski definition) is 1. The first-order valence-electron chi connectivity index (χ1n) is 9.50. The highest BCUT2D eigenvalue weighted by molar-refractivity contribution is 8.01. The predicted octanol–water partition coefficient (Wildman–Crippen LogP) is 4.63. The Labute approximate surface area is 167 Å². The van der Waals surface area contributed by atoms with E-state index in [9.17, 15) is 5.11 Å². The monoisotopic (exact) mass is 383 g/mol. The molecule has 0 aliphatic carbocycles. The largest absolute Gasteiger partial charge is 0.504 e. The lowest BCUT2D eigenvalue weighted by Gasteiger charge is -2.28. The molecule has 0 saturated heterocycles. The summed E-state index contributed by atoms with van der Waals surface area (Å²) in [6.07, 6.45) is 0. The van der Waals surface area contributed by atoms with E-state index in [1.165, 1.54) is 15.9 Å². The molecule has 2 heteroatoms. The molecule has 1 N–H and O–H groups in total. The molecular formula is C26H24OP+. The van der Waals surface area contributed by atoms with Crippen molar-refractivity contribution in [1.82, 2.24) is 0 Å². The lowest BCUT2D eigenvalue weighted by Crippen LogP contribution is -2.39. The maximum absolute atomic E-state index is 11.3. The summed E-state index contributed by atoms with van der Waals surface area (Å²) in [6.45, 7) is 4.09. The van der Waals surface area contributed by atoms with E-state index in [0.29, 0.717) is 5.75 Å². The zero-order valence-electron chi connectivity index (χ0n) is 16.2. The Morgan fingerprint density at radius 1 is 0.571 bits per heavy atom. The molecule has 0 atom stereocenters. The number of rotatable bonds is 4. The first kappa shape index (κ1) is 18.5. The van der Waals surface area contributed by atoms with Crippen LogP contribution in [-0.2, 0) is 0 Å². The van der Waals surface area contributed by atoms with Gasteiger partial charge in [-0.25, -0.2) is 0 Å². The Morgan fingerprint density at radius 3 is 1.36 bits per heavy atom. The van der Waals surface area contributed by atoms with Gasteiger partial charge in [-0.3, -0.25) is 0 Å². The number of aromatic hydroxyl groups is 1. The van der Waals surface area contributed by atoms with Crippen molar-refractivity contribution in [2.45, 2.75) is 13.8 Å². The molecule has 0 amide bonds. The summed E-state index contributed by atoms with van der Waals surface area (Å²) in [7, 11) is -2.25. The van der Waals surface area contributed by atoms with Gasteiger partial charge in [-0.2, -0.15) is 0 Å². The van der Waals surface area contributed by atoms with Gasteiger partial charge in [0.05, 0.1) is 0 Å². The van der Waals surface area contributed by atoms with Gasteiger partial charge >= 0.3 is 0 Å². The van der Waals surface area contributed by atoms with Crippen LogP contribution >= 0.6 is 7.26 Å². The van der Waals surface area contributed by atoms with Crippen LogP contribution in [0.4, 0.5) is 0 Å². The van der Waals surface area contributed by atoms with Crippen LogP contribution in [0.25, 0.3) is 0 Å². The van der Waals surface area contributed by atoms with Gasteiger partial charge in [-0.05, 0) is 67.4 Å². The maximum atomic E-state index is 11.3. The minimum absolute atomic E-state index is 0.399. The van der Waals surface area contributed by atoms with Crippen molar-refractivity contribution < 1.29 is 5.11 Å². The van der Waals surface area contributed by atoms with E-state index in [2.05, 4.69) is 110 Å². The number of aryl methyl sites for hydroxylation is 2. The van der Waals surface area contributed by atoms with Gasteiger partial charge in [0, 0.05) is 0 Å². The zero-order chi connectivity index (χ0) is 19.6. The van der Waals surface area contributed by atoms with Crippen LogP contribution in [0.2, 0.25) is 0 Å². The fraction of sp³-hybridized carbons (Fsp3) is 0.0769. The maximum Gasteiger partial charge on any atom is 0.162 e. The van der Waals surface area contributed by atoms with Crippen LogP contribution < -0.4 is 21.2 Å². The fourth-order valence-electron chi connectivity index (χ4n) is 4.01. The molecule has 4 rings (SSSR count). The summed E-state index contributed by atoms with van der Waals surface area (Å²) >= 11 is 0. The highest BCUT2D eigenvalue weighted by atomic mass is 31.2. The van der Waals surface area contributed by atoms with E-state index < -0.39 is 7.26 Å². The summed E-state index contributed by atoms with van der Waals surface area (Å²) in [6, 6.07) is 36.1. The molecule has 0 heterocycles. The molecule has 0 aliphatic heterocycles. The van der Waals surface area contributed by atoms with E-state index in [1.807, 2.05) is 6.92 Å². The van der Waals surface area contributed by atoms with Gasteiger partial charge in [-0.15, -0.1) is 0 Å². The van der Waals surface area contributed by atoms with Crippen LogP contribution in [-0.4, -0.2) is 5.11 Å². The number of benzene rings is 4. The van der Waals surface area contributed by atoms with Crippen LogP contribution in [0.5, 0.6) is 5.75 Å². The van der Waals surface area contributed by atoms with Crippen LogP contribution in [0.15, 0.2) is 103 Å². The first-order valence-corrected chi connectivity index (χ1v) is 11.3. The van der Waals surface area contributed by atoms with E-state index >= 15 is 0 Å². The Kier molecular flexibility index (Phi) is 5.03. The van der Waals surface area contributed by atoms with E-state index in [0.717, 1.165) is 16.4 Å². The minimum atomic E-state index is -2.25. The smallest absolute Gasteiger partial charge is 0.162 e. The topological polar surface area (TPSA) is 20.2 Å². The molecule has 28 heavy (non-hydrogen) atoms. The number of hydrogen-bond acceptors (Lipinski definition) is 1. The molecule has 1 nitrogen and oxygen atoms in total. The van der Waals surface area contributed by atoms with Crippen molar-refractivity contribution in [3.63, 3.8) is 0 Å². The molecule has 138 valence electrons. The van der Waals surface area contributed by atoms with Crippen LogP contribution in [0.3, 0.4) is 0 Å². The molecule has 0 radical (unpaired) electrons. The number of phenolic OH excluding ortho intramolecular Hbond substituents is 1. The third kappa shape index (κ3) is 3.03. The van der Waals surface area contributed by atoms with Gasteiger partial charge in [0.2, 0.25) is 0 Å². The van der Waals surface area contributed by atoms with Crippen LogP contribution in [0, 0.1) is 13.8 Å². The minimum Gasteiger partial charge on any atom is -0.504 e. The summed E-state index contributed by atoms with van der Waals surface area (Å²) in [5.74, 6) is 0.399. The van der Waals surface area contributed by atoms with Gasteiger partial charge < -0.3 is 5.11 Å². The van der Waals surface area contributed by atoms with Gasteiger partial charge in [0.15, 0.2) is 11.1 Å². The highest BCUT2D eigenvalue weighted by Gasteiger charge is 2.49. The first-order chi connectivity index (χ1) is 13.6. The zero-order valence-corrected chi connectivity index (χ0v) is 17.1. The lowest BCUT2D eigenvalue weighted by molar-refractivity contribution is 0.475. The van der Waals surface area contributed by atoms with Gasteiger partial charge in [0.25, 0.3) is 0 Å². The van der Waals surface area contributed by atoms with Crippen molar-refractivity contribution in [2.24, 2.45) is 0 Å². The molecule has 0 fully saturated rings. The fourth-order valence-corrected chi connectivity index (χ4v) is 8.49. The third-order valence-corrected chi connectivity index (χ3v) is 9.50. The molecule has 0 aliphatic rings. The van der Waals surface area contributed by atoms with Crippen molar-refractivity contribution in [3.05, 3.63) is 114 Å². The molecule has 0 unspecified atom stereocenters. The van der Waals surface area contributed by atoms with Crippen molar-refractivity contribution in [2.75, 3.05) is 0 Å². The second kappa shape index (κ2) is 7.62. The SMILES string of the molecule is Cc1cc(C)c(O)c([P+](c2ccccc2)(c2ccccc2)c2ccccc2)c1. The molecule has 4 aromatic rings. The predicted molar refractivity (Wildman–Crippen MR) is 122 cm³/mol. The molecule has 0 saturated carbocycles. The van der Waals surface area contributed by atoms with E-state index in [1.54, 1.807) is 0 Å². The Bertz CT molecular complexity index is 977. The molecule has 0 spiro atoms. The van der Waals surface area contributed by atoms with Crippen LogP contribution in [0.1, 0.15) is 11.1 Å². The second-order valence-corrected chi connectivity index (χ2v) is 10.5. The third-order valence-electron chi connectivity index (χ3n) is 5.22. The van der Waals surface area contributed by atoms with E-state index in [4.69, 9.17) is 0 Å². The Balaban J connectivity index is 2.21. The van der Waals surface area contributed by atoms with Crippen molar-refractivity contribution >= 4 is 28.5 Å². The molecule has 0 bridgehead atoms. The summed E-state index contributed by atoms with van der Waals surface area (Å²) in [5, 5.41) is 16.0. The average Bonchev–Trinajstić information content (AvgIpc) is 2.74. The molecule has 0 aromatic heterocycles. The van der Waals surface area contributed by atoms with Gasteiger partial charge in [-0.1, -0.05) is 60.7 Å². The Morgan fingerprint density at radius 2 is 0.964 bits per heavy atom. The lowest BCUT2D eigenvalue weighted by atomic mass is 10.1. The normalized spacial score (nSPS) is 11.4. The summed E-state index contributed by atoms with van der Waals surface area (Å²) in [5.41, 5.74) is 2.08. The quantitative estimate of drug-likeness (QED) is 0.510. The average molecular weight is 383 g/mol. The van der Waals surface area contributed by atoms with E-state index in [-0.39, 0.29) is 0 Å². The van der Waals surface area contributed by atoms with Gasteiger partial charge in [0.1, 0.15) is 23.2 Å². The molecular weight excluding hydrogens is 359 g/mol. The Hall–Kier alpha value is -2.89. The van der Waals surface area contributed by atoms with Crippen molar-refractivity contribution in [1.29, 1.82) is 0 Å². The standard InChI is InChI=1S/C26H23OP/c1-20-18-21(2)26(27)25(19-20)28(22-12-6-3-7-13-22,23-14-8-4-9-15-23)24-16-10-5-11-17-24/h3-19H,1-2H3/p+1. The number of phenols is 1.